The van der Waals surface area contributed by atoms with Crippen LogP contribution in [0.15, 0.2) is 54.7 Å². The van der Waals surface area contributed by atoms with Crippen molar-refractivity contribution in [3.63, 3.8) is 0 Å². The third kappa shape index (κ3) is 3.92. The predicted molar refractivity (Wildman–Crippen MR) is 113 cm³/mol. The van der Waals surface area contributed by atoms with E-state index >= 15 is 0 Å². The first-order chi connectivity index (χ1) is 14.7. The number of aromatic amines is 1. The van der Waals surface area contributed by atoms with E-state index < -0.39 is 6.16 Å². The summed E-state index contributed by atoms with van der Waals surface area (Å²) < 4.78 is 21.8. The molecule has 30 heavy (non-hydrogen) atoms. The van der Waals surface area contributed by atoms with Crippen molar-refractivity contribution in [3.05, 3.63) is 65.9 Å². The smallest absolute Gasteiger partial charge is 0.488 e. The van der Waals surface area contributed by atoms with E-state index in [1.807, 2.05) is 48.5 Å². The summed E-state index contributed by atoms with van der Waals surface area (Å²) in [5.41, 5.74) is 3.40. The van der Waals surface area contributed by atoms with Gasteiger partial charge in [0.05, 0.1) is 36.0 Å². The second kappa shape index (κ2) is 8.84. The topological polar surface area (TPSA) is 82.7 Å². The highest BCUT2D eigenvalue weighted by atomic mass is 16.7. The van der Waals surface area contributed by atoms with Gasteiger partial charge in [0.1, 0.15) is 12.4 Å². The van der Waals surface area contributed by atoms with E-state index in [2.05, 4.69) is 9.97 Å². The van der Waals surface area contributed by atoms with Gasteiger partial charge >= 0.3 is 6.16 Å². The highest BCUT2D eigenvalue weighted by Crippen LogP contribution is 2.38. The average Bonchev–Trinajstić information content (AvgIpc) is 3.14. The molecule has 0 bridgehead atoms. The molecule has 0 aliphatic rings. The first-order valence-corrected chi connectivity index (χ1v) is 9.63. The van der Waals surface area contributed by atoms with Gasteiger partial charge in [0, 0.05) is 17.9 Å². The Bertz CT molecular complexity index is 1170. The van der Waals surface area contributed by atoms with Crippen LogP contribution in [0.5, 0.6) is 11.6 Å². The van der Waals surface area contributed by atoms with Crippen LogP contribution in [0.4, 0.5) is 4.79 Å². The van der Waals surface area contributed by atoms with E-state index in [0.717, 1.165) is 27.4 Å². The Morgan fingerprint density at radius 2 is 1.83 bits per heavy atom. The Labute approximate surface area is 173 Å². The minimum atomic E-state index is -0.804. The van der Waals surface area contributed by atoms with Gasteiger partial charge in [0.15, 0.2) is 0 Å². The number of carbonyl (C=O) groups excluding carboxylic acids is 1. The van der Waals surface area contributed by atoms with Gasteiger partial charge in [-0.15, -0.1) is 0 Å². The van der Waals surface area contributed by atoms with E-state index in [1.54, 1.807) is 20.2 Å². The monoisotopic (exact) mass is 406 g/mol. The zero-order chi connectivity index (χ0) is 20.9. The first kappa shape index (κ1) is 19.7. The van der Waals surface area contributed by atoms with Gasteiger partial charge in [-0.05, 0) is 24.6 Å². The summed E-state index contributed by atoms with van der Waals surface area (Å²) in [4.78, 5) is 19.5. The fourth-order valence-corrected chi connectivity index (χ4v) is 3.40. The molecule has 0 spiro atoms. The number of H-pyrrole nitrogens is 1. The predicted octanol–water partition coefficient (Wildman–Crippen LogP) is 4.98. The molecule has 2 aromatic heterocycles. The number of nitrogens with one attached hydrogen (secondary N) is 1. The molecule has 2 aromatic carbocycles. The van der Waals surface area contributed by atoms with Crippen molar-refractivity contribution in [2.45, 2.75) is 20.1 Å². The summed E-state index contributed by atoms with van der Waals surface area (Å²) in [7, 11) is 1.58. The zero-order valence-electron chi connectivity index (χ0n) is 16.8. The maximum Gasteiger partial charge on any atom is 0.515 e. The van der Waals surface area contributed by atoms with Gasteiger partial charge in [-0.3, -0.25) is 0 Å². The number of pyridine rings is 1. The van der Waals surface area contributed by atoms with E-state index in [4.69, 9.17) is 18.9 Å². The first-order valence-electron chi connectivity index (χ1n) is 9.63. The average molecular weight is 406 g/mol. The number of methoxy groups -OCH3 is 1. The molecule has 0 fully saturated rings. The molecule has 0 atom stereocenters. The van der Waals surface area contributed by atoms with E-state index in [0.29, 0.717) is 17.9 Å². The van der Waals surface area contributed by atoms with Gasteiger partial charge in [0.2, 0.25) is 5.88 Å². The number of ether oxygens (including phenoxy) is 4. The van der Waals surface area contributed by atoms with Gasteiger partial charge < -0.3 is 23.9 Å². The summed E-state index contributed by atoms with van der Waals surface area (Å²) in [5, 5.41) is 1.72. The van der Waals surface area contributed by atoms with Crippen LogP contribution in [0, 0.1) is 0 Å². The minimum absolute atomic E-state index is 0.154. The molecular formula is C23H22N2O5. The fourth-order valence-electron chi connectivity index (χ4n) is 3.40. The van der Waals surface area contributed by atoms with Gasteiger partial charge in [-0.25, -0.2) is 9.78 Å². The molecule has 0 aliphatic heterocycles. The third-order valence-electron chi connectivity index (χ3n) is 4.65. The summed E-state index contributed by atoms with van der Waals surface area (Å²) in [5.74, 6) is 0.870. The Kier molecular flexibility index (Phi) is 5.81. The fraction of sp³-hybridized carbons (Fsp3) is 0.217. The van der Waals surface area contributed by atoms with Crippen molar-refractivity contribution in [2.75, 3.05) is 13.7 Å². The van der Waals surface area contributed by atoms with Crippen LogP contribution in [0.1, 0.15) is 18.1 Å². The summed E-state index contributed by atoms with van der Waals surface area (Å²) in [6, 6.07) is 15.8. The largest absolute Gasteiger partial charge is 0.515 e. The van der Waals surface area contributed by atoms with Crippen LogP contribution in [0.2, 0.25) is 0 Å². The van der Waals surface area contributed by atoms with Gasteiger partial charge in [-0.1, -0.05) is 36.4 Å². The molecular weight excluding hydrogens is 384 g/mol. The normalized spacial score (nSPS) is 11.0. The Hall–Kier alpha value is -3.58. The molecule has 2 heterocycles. The molecule has 154 valence electrons. The third-order valence-corrected chi connectivity index (χ3v) is 4.65. The lowest BCUT2D eigenvalue weighted by Gasteiger charge is -2.12. The zero-order valence-corrected chi connectivity index (χ0v) is 16.8. The molecule has 0 unspecified atom stereocenters. The van der Waals surface area contributed by atoms with Crippen molar-refractivity contribution in [2.24, 2.45) is 0 Å². The molecule has 4 aromatic rings. The van der Waals surface area contributed by atoms with Crippen LogP contribution in [-0.2, 0) is 22.7 Å². The lowest BCUT2D eigenvalue weighted by atomic mass is 10.1. The summed E-state index contributed by atoms with van der Waals surface area (Å²) in [6.45, 7) is 2.57. The number of carbonyl (C=O) groups is 1. The van der Waals surface area contributed by atoms with Crippen molar-refractivity contribution in [1.82, 2.24) is 9.97 Å². The molecule has 0 aliphatic carbocycles. The standard InChI is InChI=1S/C23H22N2O5/c1-3-28-23(26)30-22-16(14-27-2)20-18(12-24-22)25-17-10-7-11-19(21(17)20)29-13-15-8-5-4-6-9-15/h4-12,25H,3,13-14H2,1-2H3. The number of fused-ring (bicyclic) bond motifs is 3. The van der Waals surface area contributed by atoms with Crippen molar-refractivity contribution in [1.29, 1.82) is 0 Å². The molecule has 0 amide bonds. The molecule has 0 saturated carbocycles. The van der Waals surface area contributed by atoms with Crippen LogP contribution < -0.4 is 9.47 Å². The maximum absolute atomic E-state index is 11.9. The molecule has 0 saturated heterocycles. The van der Waals surface area contributed by atoms with Crippen molar-refractivity contribution >= 4 is 28.0 Å². The summed E-state index contributed by atoms with van der Waals surface area (Å²) >= 11 is 0. The van der Waals surface area contributed by atoms with Gasteiger partial charge in [0.25, 0.3) is 0 Å². The lowest BCUT2D eigenvalue weighted by Crippen LogP contribution is -2.12. The summed E-state index contributed by atoms with van der Waals surface area (Å²) in [6.07, 6.45) is 0.825. The van der Waals surface area contributed by atoms with Crippen LogP contribution in [0.25, 0.3) is 21.8 Å². The molecule has 7 heteroatoms. The molecule has 7 nitrogen and oxygen atoms in total. The molecule has 1 N–H and O–H groups in total. The number of rotatable bonds is 7. The van der Waals surface area contributed by atoms with Crippen LogP contribution in [-0.4, -0.2) is 29.8 Å². The highest BCUT2D eigenvalue weighted by Gasteiger charge is 2.20. The number of hydrogen-bond acceptors (Lipinski definition) is 6. The second-order valence-electron chi connectivity index (χ2n) is 6.63. The number of hydrogen-bond donors (Lipinski definition) is 1. The molecule has 0 radical (unpaired) electrons. The Balaban J connectivity index is 1.81. The van der Waals surface area contributed by atoms with E-state index in [9.17, 15) is 4.79 Å². The molecule has 4 rings (SSSR count). The van der Waals surface area contributed by atoms with E-state index in [1.165, 1.54) is 0 Å². The maximum atomic E-state index is 11.9. The van der Waals surface area contributed by atoms with Crippen LogP contribution in [0.3, 0.4) is 0 Å². The minimum Gasteiger partial charge on any atom is -0.488 e. The highest BCUT2D eigenvalue weighted by molar-refractivity contribution is 6.12. The van der Waals surface area contributed by atoms with Gasteiger partial charge in [-0.2, -0.15) is 0 Å². The Morgan fingerprint density at radius 3 is 2.60 bits per heavy atom. The number of aromatic nitrogens is 2. The second-order valence-corrected chi connectivity index (χ2v) is 6.63. The Morgan fingerprint density at radius 1 is 1.00 bits per heavy atom. The number of benzene rings is 2. The quantitative estimate of drug-likeness (QED) is 0.436. The van der Waals surface area contributed by atoms with Crippen LogP contribution >= 0.6 is 0 Å². The SMILES string of the molecule is CCOC(=O)Oc1ncc2[nH]c3cccc(OCc4ccccc4)c3c2c1COC. The lowest BCUT2D eigenvalue weighted by molar-refractivity contribution is 0.101. The van der Waals surface area contributed by atoms with Crippen molar-refractivity contribution in [3.8, 4) is 11.6 Å². The number of nitrogens with zero attached hydrogens (tertiary/aromatic N) is 1. The van der Waals surface area contributed by atoms with Crippen molar-refractivity contribution < 1.29 is 23.7 Å². The van der Waals surface area contributed by atoms with E-state index in [-0.39, 0.29) is 19.1 Å².